The Balaban J connectivity index is 0.000000136. The molecule has 0 bridgehead atoms. The number of carboxylic acids is 1. The van der Waals surface area contributed by atoms with Crippen LogP contribution in [0.2, 0.25) is 0 Å². The fraction of sp³-hybridized carbons (Fsp3) is 0.238. The molecule has 1 amide bonds. The number of para-hydroxylation sites is 2. The van der Waals surface area contributed by atoms with Crippen LogP contribution in [0.15, 0.2) is 123 Å². The molecular weight excluding hydrogens is 749 g/mol. The molecule has 0 spiro atoms. The number of nitrogens with zero attached hydrogens (tertiary/aromatic N) is 12. The third-order valence-corrected chi connectivity index (χ3v) is 10.3. The number of benzene rings is 2. The number of carbonyl (C=O) groups excluding carboxylic acids is 1. The van der Waals surface area contributed by atoms with E-state index in [-0.39, 0.29) is 23.7 Å². The summed E-state index contributed by atoms with van der Waals surface area (Å²) in [6.45, 7) is 7.35. The molecule has 8 aromatic rings. The number of hydrogen-bond donors (Lipinski definition) is 3. The number of carboxylic acid groups (broad SMARTS) is 1. The molecule has 10 rings (SSSR count). The molecule has 300 valence electrons. The van der Waals surface area contributed by atoms with Crippen LogP contribution in [0.3, 0.4) is 0 Å². The number of hydrogen-bond acceptors (Lipinski definition) is 11. The van der Waals surface area contributed by atoms with Crippen LogP contribution in [0.4, 0.5) is 11.6 Å². The van der Waals surface area contributed by atoms with E-state index in [1.807, 2.05) is 102 Å². The lowest BCUT2D eigenvalue weighted by atomic mass is 10.2. The zero-order chi connectivity index (χ0) is 40.9. The Hall–Kier alpha value is -7.40. The van der Waals surface area contributed by atoms with Crippen molar-refractivity contribution in [2.24, 2.45) is 5.73 Å². The quantitative estimate of drug-likeness (QED) is 0.207. The standard InChI is InChI=1S/C21H21N7O.C11H10N2O2.C10H13N5/c1-15-4-2-3-5-18(15)28-11-7-17(25-28)21(29)24-16-6-10-27(14-16)20-19-22-8-12-26(19)13-9-23-20;1-8-4-2-3-5-10(8)13-7-6-9(12-13)11(14)15;11-8-1-4-15(7-8)10-9-12-2-5-14(9)6-3-13-10/h2-5,7-9,11-13,16H,6,10,14H2,1H3,(H,24,29);2-7H,1H3,(H,14,15);2-3,5-6,8H,1,4,7,11H2/t16-;;8-/m0.0/s1. The number of carbonyl (C=O) groups is 2. The fourth-order valence-electron chi connectivity index (χ4n) is 7.23. The van der Waals surface area contributed by atoms with Gasteiger partial charge in [0.1, 0.15) is 0 Å². The molecule has 8 heterocycles. The summed E-state index contributed by atoms with van der Waals surface area (Å²) in [6.07, 6.45) is 20.1. The number of fused-ring (bicyclic) bond motifs is 2. The molecule has 2 aliphatic rings. The molecule has 2 saturated heterocycles. The summed E-state index contributed by atoms with van der Waals surface area (Å²) in [6, 6.07) is 19.2. The minimum absolute atomic E-state index is 0.0446. The first kappa shape index (κ1) is 38.5. The molecule has 4 N–H and O–H groups in total. The molecule has 2 fully saturated rings. The van der Waals surface area contributed by atoms with Crippen molar-refractivity contribution >= 4 is 34.8 Å². The van der Waals surface area contributed by atoms with Gasteiger partial charge < -0.3 is 34.8 Å². The van der Waals surface area contributed by atoms with Crippen LogP contribution >= 0.6 is 0 Å². The van der Waals surface area contributed by atoms with E-state index in [2.05, 4.69) is 45.2 Å². The van der Waals surface area contributed by atoms with Crippen molar-refractivity contribution in [3.8, 4) is 11.4 Å². The minimum atomic E-state index is -1.01. The summed E-state index contributed by atoms with van der Waals surface area (Å²) in [5, 5.41) is 20.3. The van der Waals surface area contributed by atoms with Gasteiger partial charge in [-0.3, -0.25) is 4.79 Å². The Morgan fingerprint density at radius 1 is 0.644 bits per heavy atom. The molecule has 2 atom stereocenters. The summed E-state index contributed by atoms with van der Waals surface area (Å²) in [5.74, 6) is 0.618. The van der Waals surface area contributed by atoms with E-state index >= 15 is 0 Å². The highest BCUT2D eigenvalue weighted by Gasteiger charge is 2.27. The smallest absolute Gasteiger partial charge is 0.356 e. The first-order chi connectivity index (χ1) is 28.7. The molecule has 0 saturated carbocycles. The van der Waals surface area contributed by atoms with Crippen LogP contribution in [0.5, 0.6) is 0 Å². The summed E-state index contributed by atoms with van der Waals surface area (Å²) < 4.78 is 7.24. The first-order valence-electron chi connectivity index (χ1n) is 19.3. The molecule has 6 aromatic heterocycles. The lowest BCUT2D eigenvalue weighted by Crippen LogP contribution is -2.37. The number of aryl methyl sites for hydroxylation is 2. The number of amides is 1. The Morgan fingerprint density at radius 3 is 1.64 bits per heavy atom. The van der Waals surface area contributed by atoms with Crippen molar-refractivity contribution in [2.75, 3.05) is 36.0 Å². The number of nitrogens with one attached hydrogen (secondary N) is 1. The maximum Gasteiger partial charge on any atom is 0.356 e. The molecule has 59 heavy (non-hydrogen) atoms. The highest BCUT2D eigenvalue weighted by Crippen LogP contribution is 2.23. The van der Waals surface area contributed by atoms with E-state index in [9.17, 15) is 9.59 Å². The van der Waals surface area contributed by atoms with Gasteiger partial charge in [0.2, 0.25) is 0 Å². The summed E-state index contributed by atoms with van der Waals surface area (Å²) in [4.78, 5) is 45.3. The van der Waals surface area contributed by atoms with E-state index in [4.69, 9.17) is 10.8 Å². The Bertz CT molecular complexity index is 2720. The van der Waals surface area contributed by atoms with Gasteiger partial charge in [0, 0.05) is 100 Å². The second kappa shape index (κ2) is 17.0. The highest BCUT2D eigenvalue weighted by molar-refractivity contribution is 5.92. The average molecular weight is 793 g/mol. The zero-order valence-electron chi connectivity index (χ0n) is 32.7. The van der Waals surface area contributed by atoms with Crippen molar-refractivity contribution in [2.45, 2.75) is 38.8 Å². The van der Waals surface area contributed by atoms with Gasteiger partial charge in [0.25, 0.3) is 5.91 Å². The van der Waals surface area contributed by atoms with Crippen molar-refractivity contribution in [3.05, 3.63) is 145 Å². The number of imidazole rings is 2. The number of nitrogens with two attached hydrogens (primary N) is 1. The Labute approximate surface area is 339 Å². The van der Waals surface area contributed by atoms with Gasteiger partial charge in [-0.25, -0.2) is 34.1 Å². The molecular formula is C42H44N14O3. The first-order valence-corrected chi connectivity index (χ1v) is 19.3. The topological polar surface area (TPSA) is 195 Å². The second-order valence-electron chi connectivity index (χ2n) is 14.4. The van der Waals surface area contributed by atoms with Gasteiger partial charge in [0.15, 0.2) is 34.3 Å². The minimum Gasteiger partial charge on any atom is -0.476 e. The highest BCUT2D eigenvalue weighted by atomic mass is 16.4. The zero-order valence-corrected chi connectivity index (χ0v) is 32.7. The Morgan fingerprint density at radius 2 is 1.14 bits per heavy atom. The third-order valence-electron chi connectivity index (χ3n) is 10.3. The molecule has 2 aliphatic heterocycles. The molecule has 0 unspecified atom stereocenters. The summed E-state index contributed by atoms with van der Waals surface area (Å²) in [5.41, 5.74) is 12.1. The van der Waals surface area contributed by atoms with Crippen LogP contribution < -0.4 is 20.9 Å². The van der Waals surface area contributed by atoms with Gasteiger partial charge in [-0.15, -0.1) is 0 Å². The number of aromatic nitrogens is 10. The predicted octanol–water partition coefficient (Wildman–Crippen LogP) is 4.38. The molecule has 17 nitrogen and oxygen atoms in total. The molecule has 0 aliphatic carbocycles. The van der Waals surface area contributed by atoms with Crippen LogP contribution in [0.25, 0.3) is 22.7 Å². The number of anilines is 2. The van der Waals surface area contributed by atoms with Gasteiger partial charge in [-0.1, -0.05) is 36.4 Å². The SMILES string of the molecule is Cc1ccccc1-n1ccc(C(=O)N[C@H]2CCN(c3nccn4ccnc34)C2)n1.Cc1ccccc1-n1ccc(C(=O)O)n1.N[C@H]1CCN(c2nccn3ccnc23)C1. The lowest BCUT2D eigenvalue weighted by Gasteiger charge is -2.18. The fourth-order valence-corrected chi connectivity index (χ4v) is 7.23. The van der Waals surface area contributed by atoms with Crippen LogP contribution in [-0.2, 0) is 0 Å². The van der Waals surface area contributed by atoms with Crippen LogP contribution in [0, 0.1) is 13.8 Å². The van der Waals surface area contributed by atoms with E-state index in [1.54, 1.807) is 46.4 Å². The predicted molar refractivity (Wildman–Crippen MR) is 222 cm³/mol. The maximum absolute atomic E-state index is 12.7. The van der Waals surface area contributed by atoms with Gasteiger partial charge >= 0.3 is 5.97 Å². The van der Waals surface area contributed by atoms with Gasteiger partial charge in [0.05, 0.1) is 11.4 Å². The van der Waals surface area contributed by atoms with Crippen molar-refractivity contribution in [1.29, 1.82) is 0 Å². The lowest BCUT2D eigenvalue weighted by molar-refractivity contribution is 0.0689. The largest absolute Gasteiger partial charge is 0.476 e. The molecule has 0 radical (unpaired) electrons. The van der Waals surface area contributed by atoms with E-state index < -0.39 is 5.97 Å². The monoisotopic (exact) mass is 792 g/mol. The number of aromatic carboxylic acids is 1. The van der Waals surface area contributed by atoms with E-state index in [0.717, 1.165) is 77.9 Å². The second-order valence-corrected chi connectivity index (χ2v) is 14.4. The van der Waals surface area contributed by atoms with E-state index in [0.29, 0.717) is 12.2 Å². The summed E-state index contributed by atoms with van der Waals surface area (Å²) in [7, 11) is 0. The number of rotatable bonds is 7. The van der Waals surface area contributed by atoms with E-state index in [1.165, 1.54) is 6.07 Å². The average Bonchev–Trinajstić information content (AvgIpc) is 4.10. The van der Waals surface area contributed by atoms with Crippen LogP contribution in [0.1, 0.15) is 44.9 Å². The maximum atomic E-state index is 12.7. The van der Waals surface area contributed by atoms with Crippen molar-refractivity contribution in [3.63, 3.8) is 0 Å². The normalized spacial score (nSPS) is 16.1. The van der Waals surface area contributed by atoms with Crippen molar-refractivity contribution in [1.82, 2.24) is 53.6 Å². The van der Waals surface area contributed by atoms with Gasteiger partial charge in [-0.05, 0) is 62.1 Å². The molecule has 17 heteroatoms. The summed E-state index contributed by atoms with van der Waals surface area (Å²) >= 11 is 0. The van der Waals surface area contributed by atoms with Gasteiger partial charge in [-0.2, -0.15) is 10.2 Å². The van der Waals surface area contributed by atoms with Crippen molar-refractivity contribution < 1.29 is 14.7 Å². The third kappa shape index (κ3) is 8.50. The van der Waals surface area contributed by atoms with Crippen LogP contribution in [-0.4, -0.2) is 104 Å². The molecule has 2 aromatic carbocycles. The Kier molecular flexibility index (Phi) is 11.1.